The Hall–Kier alpha value is -9.92. The molecule has 418 valence electrons. The van der Waals surface area contributed by atoms with Gasteiger partial charge in [0.2, 0.25) is 0 Å². The van der Waals surface area contributed by atoms with E-state index in [1.165, 1.54) is 50.6 Å². The molecule has 4 heterocycles. The van der Waals surface area contributed by atoms with E-state index in [0.29, 0.717) is 0 Å². The topological polar surface area (TPSA) is 163 Å². The van der Waals surface area contributed by atoms with Crippen LogP contribution in [0.5, 0.6) is 0 Å². The number of aromatic nitrogens is 8. The predicted octanol–water partition coefficient (Wildman–Crippen LogP) is 8.86. The van der Waals surface area contributed by atoms with E-state index in [9.17, 15) is 0 Å². The normalized spacial score (nSPS) is 10.8. The summed E-state index contributed by atoms with van der Waals surface area (Å²) >= 11 is 0. The molecule has 0 unspecified atom stereocenters. The molecule has 11 nitrogen and oxygen atoms in total. The van der Waals surface area contributed by atoms with Crippen molar-refractivity contribution in [1.82, 2.24) is 39.9 Å². The fourth-order valence-corrected chi connectivity index (χ4v) is 10.8. The van der Waals surface area contributed by atoms with E-state index in [2.05, 4.69) is 293 Å². The third kappa shape index (κ3) is 16.6. The Labute approximate surface area is 505 Å². The average Bonchev–Trinajstić information content (AvgIpc) is 1.62. The van der Waals surface area contributed by atoms with Crippen molar-refractivity contribution in [3.63, 3.8) is 0 Å². The zero-order chi connectivity index (χ0) is 57.6. The van der Waals surface area contributed by atoms with Crippen LogP contribution in [0, 0.1) is 25.2 Å². The van der Waals surface area contributed by atoms with Crippen LogP contribution in [0.4, 0.5) is 0 Å². The van der Waals surface area contributed by atoms with Crippen LogP contribution in [-0.4, -0.2) is 77.7 Å². The Balaban J connectivity index is 0.000000162. The Bertz CT molecular complexity index is 3190. The first kappa shape index (κ1) is 61.7. The monoisotopic (exact) mass is 1140 g/mol. The summed E-state index contributed by atoms with van der Waals surface area (Å²) in [6.45, 7) is 6.73. The molecule has 0 atom stereocenters. The SMILES string of the molecule is CC#N.Cc1nc(C=NCCc2c[nH]cn2)c[nH]1.Cc1nc(C=NCCc2c[nH]cn2)c[nH]1.[Fe+2].c1ccc([B-](c2ccccc2)(c2ccccc2)c2ccccc2)cc1.c1ccc([B-](c2ccccc2)(c2ccccc2)c2ccccc2)cc1. The van der Waals surface area contributed by atoms with Crippen molar-refractivity contribution in [3.05, 3.63) is 315 Å². The number of hydrogen-bond acceptors (Lipinski definition) is 7. The molecular formula is C70H69B2FeN11. The van der Waals surface area contributed by atoms with E-state index in [1.54, 1.807) is 31.2 Å². The minimum atomic E-state index is -1.22. The first-order chi connectivity index (χ1) is 40.9. The predicted molar refractivity (Wildman–Crippen MR) is 348 cm³/mol. The van der Waals surface area contributed by atoms with E-state index >= 15 is 0 Å². The van der Waals surface area contributed by atoms with Gasteiger partial charge in [0.1, 0.15) is 23.9 Å². The average molecular weight is 1140 g/mol. The largest absolute Gasteiger partial charge is 2.00 e. The summed E-state index contributed by atoms with van der Waals surface area (Å²) in [6, 6.07) is 88.8. The smallest absolute Gasteiger partial charge is 0.351 e. The van der Waals surface area contributed by atoms with Crippen LogP contribution < -0.4 is 43.7 Å². The van der Waals surface area contributed by atoms with Gasteiger partial charge >= 0.3 is 17.1 Å². The molecule has 0 aliphatic rings. The maximum Gasteiger partial charge on any atom is 2.00 e. The van der Waals surface area contributed by atoms with Gasteiger partial charge in [-0.15, -0.1) is 0 Å². The fourth-order valence-electron chi connectivity index (χ4n) is 10.8. The van der Waals surface area contributed by atoms with Crippen LogP contribution in [0.1, 0.15) is 41.3 Å². The van der Waals surface area contributed by atoms with Crippen molar-refractivity contribution in [3.8, 4) is 6.07 Å². The molecule has 0 aliphatic heterocycles. The second kappa shape index (κ2) is 33.1. The van der Waals surface area contributed by atoms with Crippen molar-refractivity contribution in [1.29, 1.82) is 5.26 Å². The van der Waals surface area contributed by atoms with Gasteiger partial charge in [0.05, 0.1) is 41.5 Å². The molecule has 4 N–H and O–H groups in total. The van der Waals surface area contributed by atoms with Gasteiger partial charge in [0, 0.05) is 70.1 Å². The Morgan fingerprint density at radius 3 is 0.798 bits per heavy atom. The van der Waals surface area contributed by atoms with E-state index in [0.717, 1.165) is 60.4 Å². The van der Waals surface area contributed by atoms with Crippen molar-refractivity contribution >= 4 is 68.4 Å². The summed E-state index contributed by atoms with van der Waals surface area (Å²) in [5.74, 6) is 1.81. The third-order valence-electron chi connectivity index (χ3n) is 14.4. The van der Waals surface area contributed by atoms with Crippen molar-refractivity contribution in [2.75, 3.05) is 13.1 Å². The van der Waals surface area contributed by atoms with Gasteiger partial charge in [0.15, 0.2) is 0 Å². The quantitative estimate of drug-likeness (QED) is 0.0561. The maximum atomic E-state index is 7.32. The molecule has 84 heavy (non-hydrogen) atoms. The van der Waals surface area contributed by atoms with Crippen LogP contribution in [0.3, 0.4) is 0 Å². The fraction of sp³-hybridized carbons (Fsp3) is 0.100. The first-order valence-electron chi connectivity index (χ1n) is 28.0. The number of H-pyrrole nitrogens is 4. The van der Waals surface area contributed by atoms with Crippen molar-refractivity contribution < 1.29 is 17.1 Å². The number of nitriles is 1. The molecule has 0 fully saturated rings. The van der Waals surface area contributed by atoms with Gasteiger partial charge in [-0.3, -0.25) is 9.98 Å². The number of hydrogen-bond donors (Lipinski definition) is 4. The molecule has 4 aromatic heterocycles. The van der Waals surface area contributed by atoms with Crippen LogP contribution in [0.25, 0.3) is 0 Å². The van der Waals surface area contributed by atoms with Crippen molar-refractivity contribution in [2.45, 2.75) is 33.6 Å². The summed E-state index contributed by atoms with van der Waals surface area (Å²) in [5, 5.41) is 7.32. The molecular weight excluding hydrogens is 1070 g/mol. The van der Waals surface area contributed by atoms with Gasteiger partial charge in [0.25, 0.3) is 0 Å². The van der Waals surface area contributed by atoms with E-state index in [4.69, 9.17) is 5.26 Å². The van der Waals surface area contributed by atoms with Gasteiger partial charge in [-0.1, -0.05) is 243 Å². The molecule has 0 saturated heterocycles. The van der Waals surface area contributed by atoms with E-state index in [1.807, 2.05) is 38.6 Å². The summed E-state index contributed by atoms with van der Waals surface area (Å²) < 4.78 is 0. The molecule has 0 amide bonds. The minimum absolute atomic E-state index is 0. The Kier molecular flexibility index (Phi) is 24.3. The molecule has 0 bridgehead atoms. The number of aliphatic imine (C=N–C) groups is 2. The summed E-state index contributed by atoms with van der Waals surface area (Å²) in [6.07, 6.45) is 13.6. The number of benzene rings is 8. The number of imidazole rings is 4. The Morgan fingerprint density at radius 2 is 0.619 bits per heavy atom. The Morgan fingerprint density at radius 1 is 0.393 bits per heavy atom. The number of aromatic amines is 4. The molecule has 8 aromatic carbocycles. The second-order valence-electron chi connectivity index (χ2n) is 19.8. The van der Waals surface area contributed by atoms with Crippen LogP contribution in [0.15, 0.2) is 290 Å². The summed E-state index contributed by atoms with van der Waals surface area (Å²) in [4.78, 5) is 37.0. The molecule has 0 aliphatic carbocycles. The second-order valence-corrected chi connectivity index (χ2v) is 19.8. The summed E-state index contributed by atoms with van der Waals surface area (Å²) in [5.41, 5.74) is 14.5. The number of aryl methyl sites for hydroxylation is 2. The third-order valence-corrected chi connectivity index (χ3v) is 14.4. The van der Waals surface area contributed by atoms with Gasteiger partial charge in [-0.25, -0.2) is 19.9 Å². The zero-order valence-corrected chi connectivity index (χ0v) is 48.8. The number of rotatable bonds is 16. The van der Waals surface area contributed by atoms with Gasteiger partial charge < -0.3 is 19.9 Å². The van der Waals surface area contributed by atoms with Crippen LogP contribution >= 0.6 is 0 Å². The molecule has 12 aromatic rings. The van der Waals surface area contributed by atoms with Crippen LogP contribution in [0.2, 0.25) is 0 Å². The standard InChI is InChI=1S/2C24H20B.2C10H13N5.C2H3N.Fe/c2*1-5-13-21(14-6-1)25(22-15-7-2-8-16-22,23-17-9-3-10-18-23)24-19-11-4-12-20-24;2*1-8-13-6-10(15-8)5-11-3-2-9-4-12-7-14-9;1-2-3;/h2*1-20H;2*4-7H,2-3H2,1H3,(H,12,14)(H,13,15);1H3;/q2*-1;;;;+2. The molecule has 0 radical (unpaired) electrons. The van der Waals surface area contributed by atoms with Crippen LogP contribution in [-0.2, 0) is 29.9 Å². The van der Waals surface area contributed by atoms with E-state index < -0.39 is 12.3 Å². The maximum absolute atomic E-state index is 7.32. The van der Waals surface area contributed by atoms with Gasteiger partial charge in [-0.2, -0.15) is 49.0 Å². The molecule has 14 heteroatoms. The number of nitrogens with zero attached hydrogens (tertiary/aromatic N) is 7. The first-order valence-corrected chi connectivity index (χ1v) is 28.0. The molecule has 0 spiro atoms. The van der Waals surface area contributed by atoms with Crippen molar-refractivity contribution in [2.24, 2.45) is 9.98 Å². The molecule has 0 saturated carbocycles. The van der Waals surface area contributed by atoms with Gasteiger partial charge in [-0.05, 0) is 13.8 Å². The minimum Gasteiger partial charge on any atom is -0.351 e. The summed E-state index contributed by atoms with van der Waals surface area (Å²) in [7, 11) is 0. The number of nitrogens with one attached hydrogen (secondary N) is 4. The zero-order valence-electron chi connectivity index (χ0n) is 47.7. The van der Waals surface area contributed by atoms with E-state index in [-0.39, 0.29) is 17.1 Å². The molecule has 12 rings (SSSR count).